The van der Waals surface area contributed by atoms with E-state index in [4.69, 9.17) is 0 Å². The highest BCUT2D eigenvalue weighted by Gasteiger charge is 2.23. The Morgan fingerprint density at radius 3 is 2.31 bits per heavy atom. The topological polar surface area (TPSA) is 6.48 Å². The second-order valence-electron chi connectivity index (χ2n) is 5.66. The summed E-state index contributed by atoms with van der Waals surface area (Å²) in [6, 6.07) is 0.789. The molecule has 1 aliphatic heterocycles. The van der Waals surface area contributed by atoms with Crippen molar-refractivity contribution in [3.05, 3.63) is 0 Å². The predicted molar refractivity (Wildman–Crippen MR) is 75.3 cm³/mol. The third kappa shape index (κ3) is 4.27. The summed E-state index contributed by atoms with van der Waals surface area (Å²) in [5, 5.41) is 0. The van der Waals surface area contributed by atoms with Gasteiger partial charge in [0, 0.05) is 12.6 Å². The van der Waals surface area contributed by atoms with Crippen molar-refractivity contribution in [2.75, 3.05) is 39.5 Å². The molecule has 1 fully saturated rings. The van der Waals surface area contributed by atoms with E-state index in [2.05, 4.69) is 50.4 Å². The summed E-state index contributed by atoms with van der Waals surface area (Å²) in [4.78, 5) is 5.00. The van der Waals surface area contributed by atoms with Gasteiger partial charge < -0.3 is 9.80 Å². The van der Waals surface area contributed by atoms with Gasteiger partial charge in [-0.05, 0) is 57.6 Å². The second-order valence-corrected chi connectivity index (χ2v) is 6.03. The minimum Gasteiger partial charge on any atom is -0.306 e. The highest BCUT2D eigenvalue weighted by atomic mass is 32.1. The summed E-state index contributed by atoms with van der Waals surface area (Å²) in [5.74, 6) is 2.48. The molecule has 0 saturated carbocycles. The van der Waals surface area contributed by atoms with Gasteiger partial charge in [0.05, 0.1) is 0 Å². The first kappa shape index (κ1) is 14.3. The summed E-state index contributed by atoms with van der Waals surface area (Å²) in [7, 11) is 4.51. The molecule has 0 aromatic heterocycles. The normalized spacial score (nSPS) is 21.9. The van der Waals surface area contributed by atoms with Gasteiger partial charge >= 0.3 is 0 Å². The molecule has 16 heavy (non-hydrogen) atoms. The second kappa shape index (κ2) is 6.87. The number of rotatable bonds is 5. The molecule has 0 radical (unpaired) electrons. The summed E-state index contributed by atoms with van der Waals surface area (Å²) in [6.45, 7) is 8.33. The minimum atomic E-state index is 0.730. The number of hydrogen-bond acceptors (Lipinski definition) is 3. The zero-order valence-electron chi connectivity index (χ0n) is 11.3. The van der Waals surface area contributed by atoms with Crippen molar-refractivity contribution in [1.29, 1.82) is 0 Å². The van der Waals surface area contributed by atoms with Crippen LogP contribution in [0.1, 0.15) is 26.7 Å². The quantitative estimate of drug-likeness (QED) is 0.741. The average molecular weight is 244 g/mol. The van der Waals surface area contributed by atoms with Gasteiger partial charge in [-0.3, -0.25) is 0 Å². The maximum absolute atomic E-state index is 4.47. The predicted octanol–water partition coefficient (Wildman–Crippen LogP) is 2.21. The van der Waals surface area contributed by atoms with E-state index in [-0.39, 0.29) is 0 Å². The first-order valence-corrected chi connectivity index (χ1v) is 7.17. The largest absolute Gasteiger partial charge is 0.306 e. The summed E-state index contributed by atoms with van der Waals surface area (Å²) in [5.41, 5.74) is 0. The number of piperidine rings is 1. The number of likely N-dealkylation sites (tertiary alicyclic amines) is 1. The molecule has 0 N–H and O–H groups in total. The van der Waals surface area contributed by atoms with Gasteiger partial charge in [-0.2, -0.15) is 12.6 Å². The van der Waals surface area contributed by atoms with Crippen LogP contribution < -0.4 is 0 Å². The Hall–Kier alpha value is 0.270. The van der Waals surface area contributed by atoms with E-state index in [0.717, 1.165) is 23.6 Å². The Bertz CT molecular complexity index is 188. The molecule has 0 bridgehead atoms. The highest BCUT2D eigenvalue weighted by Crippen LogP contribution is 2.19. The van der Waals surface area contributed by atoms with Crippen molar-refractivity contribution in [2.24, 2.45) is 11.8 Å². The molecule has 0 aromatic carbocycles. The van der Waals surface area contributed by atoms with Gasteiger partial charge in [-0.15, -0.1) is 0 Å². The van der Waals surface area contributed by atoms with Crippen LogP contribution in [0.4, 0.5) is 0 Å². The van der Waals surface area contributed by atoms with Crippen LogP contribution >= 0.6 is 12.6 Å². The lowest BCUT2D eigenvalue weighted by molar-refractivity contribution is 0.124. The Balaban J connectivity index is 2.36. The minimum absolute atomic E-state index is 0.730. The average Bonchev–Trinajstić information content (AvgIpc) is 2.26. The maximum atomic E-state index is 4.47. The van der Waals surface area contributed by atoms with Crippen molar-refractivity contribution < 1.29 is 0 Å². The fourth-order valence-electron chi connectivity index (χ4n) is 2.43. The van der Waals surface area contributed by atoms with Crippen molar-refractivity contribution in [1.82, 2.24) is 9.80 Å². The molecule has 1 rings (SSSR count). The summed E-state index contributed by atoms with van der Waals surface area (Å²) >= 11 is 4.47. The van der Waals surface area contributed by atoms with Crippen molar-refractivity contribution in [2.45, 2.75) is 32.7 Å². The highest BCUT2D eigenvalue weighted by molar-refractivity contribution is 7.80. The Kier molecular flexibility index (Phi) is 6.16. The van der Waals surface area contributed by atoms with Gasteiger partial charge in [0.15, 0.2) is 0 Å². The van der Waals surface area contributed by atoms with Crippen LogP contribution in [0.2, 0.25) is 0 Å². The smallest absolute Gasteiger partial charge is 0.0117 e. The first-order valence-electron chi connectivity index (χ1n) is 6.54. The van der Waals surface area contributed by atoms with E-state index in [1.54, 1.807) is 0 Å². The molecule has 2 nitrogen and oxygen atoms in total. The number of hydrogen-bond donors (Lipinski definition) is 1. The molecular weight excluding hydrogens is 216 g/mol. The van der Waals surface area contributed by atoms with E-state index >= 15 is 0 Å². The van der Waals surface area contributed by atoms with Gasteiger partial charge in [-0.25, -0.2) is 0 Å². The Labute approximate surface area is 107 Å². The molecule has 96 valence electrons. The van der Waals surface area contributed by atoms with E-state index in [1.807, 2.05) is 0 Å². The van der Waals surface area contributed by atoms with Gasteiger partial charge in [-0.1, -0.05) is 13.8 Å². The lowest BCUT2D eigenvalue weighted by atomic mass is 9.95. The third-order valence-electron chi connectivity index (χ3n) is 4.01. The molecule has 1 unspecified atom stereocenters. The molecule has 0 amide bonds. The molecule has 0 aliphatic carbocycles. The van der Waals surface area contributed by atoms with Crippen molar-refractivity contribution >= 4 is 12.6 Å². The molecule has 0 aromatic rings. The summed E-state index contributed by atoms with van der Waals surface area (Å²) < 4.78 is 0. The molecule has 1 aliphatic rings. The van der Waals surface area contributed by atoms with E-state index in [1.165, 1.54) is 32.5 Å². The Morgan fingerprint density at radius 2 is 1.88 bits per heavy atom. The van der Waals surface area contributed by atoms with Crippen LogP contribution in [0.5, 0.6) is 0 Å². The van der Waals surface area contributed by atoms with Crippen molar-refractivity contribution in [3.8, 4) is 0 Å². The van der Waals surface area contributed by atoms with Gasteiger partial charge in [0.25, 0.3) is 0 Å². The van der Waals surface area contributed by atoms with E-state index < -0.39 is 0 Å². The van der Waals surface area contributed by atoms with Crippen LogP contribution in [0.3, 0.4) is 0 Å². The van der Waals surface area contributed by atoms with Crippen LogP contribution in [0.15, 0.2) is 0 Å². The van der Waals surface area contributed by atoms with Gasteiger partial charge in [0.2, 0.25) is 0 Å². The molecule has 1 saturated heterocycles. The summed E-state index contributed by atoms with van der Waals surface area (Å²) in [6.07, 6.45) is 2.65. The SMILES string of the molecule is CC(C)C(CS)CN(C)C1CCN(C)CC1. The molecule has 1 atom stereocenters. The third-order valence-corrected chi connectivity index (χ3v) is 4.48. The van der Waals surface area contributed by atoms with E-state index in [9.17, 15) is 0 Å². The van der Waals surface area contributed by atoms with Crippen LogP contribution in [0, 0.1) is 11.8 Å². The lowest BCUT2D eigenvalue weighted by Crippen LogP contribution is -2.44. The van der Waals surface area contributed by atoms with Crippen LogP contribution in [0.25, 0.3) is 0 Å². The van der Waals surface area contributed by atoms with Crippen molar-refractivity contribution in [3.63, 3.8) is 0 Å². The molecule has 3 heteroatoms. The van der Waals surface area contributed by atoms with Crippen LogP contribution in [-0.4, -0.2) is 55.3 Å². The zero-order valence-corrected chi connectivity index (χ0v) is 12.2. The van der Waals surface area contributed by atoms with E-state index in [0.29, 0.717) is 0 Å². The first-order chi connectivity index (χ1) is 7.54. The monoisotopic (exact) mass is 244 g/mol. The fraction of sp³-hybridized carbons (Fsp3) is 1.00. The standard InChI is InChI=1S/C13H28N2S/c1-11(2)12(10-16)9-15(4)13-5-7-14(3)8-6-13/h11-13,16H,5-10H2,1-4H3. The maximum Gasteiger partial charge on any atom is 0.0117 e. The molecular formula is C13H28N2S. The molecule has 0 spiro atoms. The molecule has 1 heterocycles. The Morgan fingerprint density at radius 1 is 1.31 bits per heavy atom. The lowest BCUT2D eigenvalue weighted by Gasteiger charge is -2.37. The van der Waals surface area contributed by atoms with Crippen LogP contribution in [-0.2, 0) is 0 Å². The fourth-order valence-corrected chi connectivity index (χ4v) is 2.97. The number of nitrogens with zero attached hydrogens (tertiary/aromatic N) is 2. The zero-order chi connectivity index (χ0) is 12.1. The number of thiol groups is 1. The van der Waals surface area contributed by atoms with Gasteiger partial charge in [0.1, 0.15) is 0 Å².